The number of hydrogen-bond donors (Lipinski definition) is 1. The number of aromatic nitrogens is 4. The van der Waals surface area contributed by atoms with Crippen molar-refractivity contribution in [1.29, 1.82) is 0 Å². The highest BCUT2D eigenvalue weighted by Crippen LogP contribution is 2.18. The lowest BCUT2D eigenvalue weighted by molar-refractivity contribution is -0.117. The number of benzene rings is 2. The van der Waals surface area contributed by atoms with Gasteiger partial charge in [-0.05, 0) is 36.4 Å². The molecule has 0 unspecified atom stereocenters. The van der Waals surface area contributed by atoms with Gasteiger partial charge in [0.2, 0.25) is 11.7 Å². The van der Waals surface area contributed by atoms with E-state index < -0.39 is 5.82 Å². The minimum absolute atomic E-state index is 0.129. The molecule has 1 N–H and O–H groups in total. The summed E-state index contributed by atoms with van der Waals surface area (Å²) in [6.07, 6.45) is 0. The maximum Gasteiger partial charge on any atom is 0.248 e. The Hall–Kier alpha value is -3.29. The molecule has 25 heavy (non-hydrogen) atoms. The van der Waals surface area contributed by atoms with E-state index in [-0.39, 0.29) is 23.8 Å². The molecule has 0 atom stereocenters. The van der Waals surface area contributed by atoms with Crippen molar-refractivity contribution in [3.63, 3.8) is 0 Å². The van der Waals surface area contributed by atoms with E-state index in [1.165, 1.54) is 6.07 Å². The summed E-state index contributed by atoms with van der Waals surface area (Å²) in [7, 11) is 0. The van der Waals surface area contributed by atoms with E-state index in [2.05, 4.69) is 20.7 Å². The molecular weight excluding hydrogens is 325 g/mol. The van der Waals surface area contributed by atoms with Gasteiger partial charge < -0.3 is 10.1 Å². The molecule has 128 valence electrons. The highest BCUT2D eigenvalue weighted by atomic mass is 19.1. The lowest BCUT2D eigenvalue weighted by Gasteiger charge is -2.07. The van der Waals surface area contributed by atoms with Gasteiger partial charge in [-0.3, -0.25) is 4.79 Å². The van der Waals surface area contributed by atoms with Gasteiger partial charge >= 0.3 is 0 Å². The van der Waals surface area contributed by atoms with Crippen molar-refractivity contribution in [3.8, 4) is 17.1 Å². The van der Waals surface area contributed by atoms with Crippen LogP contribution >= 0.6 is 0 Å². The van der Waals surface area contributed by atoms with E-state index in [1.807, 2.05) is 6.92 Å². The van der Waals surface area contributed by atoms with Gasteiger partial charge in [0.05, 0.1) is 12.2 Å². The van der Waals surface area contributed by atoms with Crippen LogP contribution in [0.1, 0.15) is 6.92 Å². The molecule has 1 heterocycles. The summed E-state index contributed by atoms with van der Waals surface area (Å²) >= 11 is 0. The first-order valence-electron chi connectivity index (χ1n) is 7.71. The van der Waals surface area contributed by atoms with Gasteiger partial charge in [0.25, 0.3) is 0 Å². The summed E-state index contributed by atoms with van der Waals surface area (Å²) in [4.78, 5) is 13.2. The number of anilines is 1. The number of nitrogens with one attached hydrogen (secondary N) is 1. The minimum Gasteiger partial charge on any atom is -0.494 e. The second-order valence-corrected chi connectivity index (χ2v) is 5.13. The monoisotopic (exact) mass is 341 g/mol. The number of ether oxygens (including phenoxy) is 1. The van der Waals surface area contributed by atoms with E-state index in [1.54, 1.807) is 42.5 Å². The van der Waals surface area contributed by atoms with Crippen molar-refractivity contribution in [2.45, 2.75) is 13.5 Å². The summed E-state index contributed by atoms with van der Waals surface area (Å²) in [5, 5.41) is 14.3. The van der Waals surface area contributed by atoms with Crippen LogP contribution in [0, 0.1) is 5.82 Å². The molecule has 2 aromatic carbocycles. The number of amides is 1. The summed E-state index contributed by atoms with van der Waals surface area (Å²) < 4.78 is 19.1. The lowest BCUT2D eigenvalue weighted by Crippen LogP contribution is -2.20. The Morgan fingerprint density at radius 3 is 2.88 bits per heavy atom. The molecule has 0 aliphatic rings. The second-order valence-electron chi connectivity index (χ2n) is 5.13. The predicted molar refractivity (Wildman–Crippen MR) is 89.5 cm³/mol. The first kappa shape index (κ1) is 16.6. The van der Waals surface area contributed by atoms with Crippen LogP contribution < -0.4 is 10.1 Å². The van der Waals surface area contributed by atoms with E-state index in [4.69, 9.17) is 4.74 Å². The number of nitrogens with zero attached hydrogens (tertiary/aromatic N) is 4. The fraction of sp³-hybridized carbons (Fsp3) is 0.176. The third kappa shape index (κ3) is 4.17. The van der Waals surface area contributed by atoms with Gasteiger partial charge in [-0.2, -0.15) is 4.80 Å². The molecular formula is C17H16FN5O2. The average molecular weight is 341 g/mol. The van der Waals surface area contributed by atoms with Crippen molar-refractivity contribution in [2.24, 2.45) is 0 Å². The molecule has 7 nitrogen and oxygen atoms in total. The summed E-state index contributed by atoms with van der Waals surface area (Å²) in [5.41, 5.74) is 0.837. The lowest BCUT2D eigenvalue weighted by atomic mass is 10.2. The van der Waals surface area contributed by atoms with Crippen LogP contribution in [0.5, 0.6) is 5.75 Å². The van der Waals surface area contributed by atoms with Crippen LogP contribution in [0.25, 0.3) is 11.4 Å². The number of tetrazole rings is 1. The number of carbonyl (C=O) groups excluding carboxylic acids is 1. The summed E-state index contributed by atoms with van der Waals surface area (Å²) in [5.74, 6) is 0.0237. The standard InChI is InChI=1S/C17H16FN5O2/c1-2-25-13-7-5-6-12(10-13)19-16(24)11-23-21-17(20-22-23)14-8-3-4-9-15(14)18/h3-10H,2,11H2,1H3,(H,19,24). The first-order valence-corrected chi connectivity index (χ1v) is 7.71. The van der Waals surface area contributed by atoms with E-state index >= 15 is 0 Å². The van der Waals surface area contributed by atoms with E-state index in [0.717, 1.165) is 4.80 Å². The third-order valence-corrected chi connectivity index (χ3v) is 3.28. The van der Waals surface area contributed by atoms with Gasteiger partial charge in [0.15, 0.2) is 0 Å². The first-order chi connectivity index (χ1) is 12.2. The molecule has 0 saturated carbocycles. The highest BCUT2D eigenvalue weighted by molar-refractivity contribution is 5.90. The molecule has 3 aromatic rings. The number of halogens is 1. The molecule has 1 amide bonds. The largest absolute Gasteiger partial charge is 0.494 e. The third-order valence-electron chi connectivity index (χ3n) is 3.28. The average Bonchev–Trinajstić information content (AvgIpc) is 3.04. The topological polar surface area (TPSA) is 81.9 Å². The van der Waals surface area contributed by atoms with Crippen molar-refractivity contribution < 1.29 is 13.9 Å². The van der Waals surface area contributed by atoms with Crippen LogP contribution in [0.3, 0.4) is 0 Å². The maximum atomic E-state index is 13.7. The number of hydrogen-bond acceptors (Lipinski definition) is 5. The maximum absolute atomic E-state index is 13.7. The van der Waals surface area contributed by atoms with Crippen LogP contribution in [0.15, 0.2) is 48.5 Å². The molecule has 0 radical (unpaired) electrons. The van der Waals surface area contributed by atoms with Crippen LogP contribution in [-0.2, 0) is 11.3 Å². The minimum atomic E-state index is -0.445. The molecule has 0 saturated heterocycles. The Kier molecular flexibility index (Phi) is 4.98. The zero-order valence-corrected chi connectivity index (χ0v) is 13.5. The fourth-order valence-electron chi connectivity index (χ4n) is 2.22. The van der Waals surface area contributed by atoms with Crippen LogP contribution in [0.2, 0.25) is 0 Å². The van der Waals surface area contributed by atoms with Crippen molar-refractivity contribution in [3.05, 3.63) is 54.3 Å². The Labute approximate surface area is 143 Å². The molecule has 0 spiro atoms. The van der Waals surface area contributed by atoms with E-state index in [9.17, 15) is 9.18 Å². The van der Waals surface area contributed by atoms with Crippen molar-refractivity contribution >= 4 is 11.6 Å². The normalized spacial score (nSPS) is 10.5. The molecule has 0 aliphatic heterocycles. The van der Waals surface area contributed by atoms with Gasteiger partial charge in [0.1, 0.15) is 18.1 Å². The quantitative estimate of drug-likeness (QED) is 0.745. The molecule has 0 bridgehead atoms. The zero-order valence-electron chi connectivity index (χ0n) is 13.5. The highest BCUT2D eigenvalue weighted by Gasteiger charge is 2.12. The molecule has 8 heteroatoms. The van der Waals surface area contributed by atoms with Gasteiger partial charge in [-0.15, -0.1) is 10.2 Å². The second kappa shape index (κ2) is 7.52. The molecule has 3 rings (SSSR count). The Balaban J connectivity index is 1.66. The van der Waals surface area contributed by atoms with Crippen molar-refractivity contribution in [2.75, 3.05) is 11.9 Å². The van der Waals surface area contributed by atoms with Crippen molar-refractivity contribution in [1.82, 2.24) is 20.2 Å². The smallest absolute Gasteiger partial charge is 0.248 e. The summed E-state index contributed by atoms with van der Waals surface area (Å²) in [6, 6.07) is 13.2. The SMILES string of the molecule is CCOc1cccc(NC(=O)Cn2nnc(-c3ccccc3F)n2)c1. The Morgan fingerprint density at radius 1 is 1.24 bits per heavy atom. The molecule has 1 aromatic heterocycles. The number of rotatable bonds is 6. The fourth-order valence-corrected chi connectivity index (χ4v) is 2.22. The number of carbonyl (C=O) groups is 1. The molecule has 0 aliphatic carbocycles. The van der Waals surface area contributed by atoms with Gasteiger partial charge in [-0.1, -0.05) is 18.2 Å². The predicted octanol–water partition coefficient (Wildman–Crippen LogP) is 2.52. The van der Waals surface area contributed by atoms with Gasteiger partial charge in [0, 0.05) is 11.8 Å². The van der Waals surface area contributed by atoms with Gasteiger partial charge in [-0.25, -0.2) is 4.39 Å². The molecule has 0 fully saturated rings. The zero-order chi connectivity index (χ0) is 17.6. The Morgan fingerprint density at radius 2 is 2.08 bits per heavy atom. The van der Waals surface area contributed by atoms with Crippen LogP contribution in [0.4, 0.5) is 10.1 Å². The van der Waals surface area contributed by atoms with Crippen LogP contribution in [-0.4, -0.2) is 32.7 Å². The summed E-state index contributed by atoms with van der Waals surface area (Å²) in [6.45, 7) is 2.29. The van der Waals surface area contributed by atoms with E-state index in [0.29, 0.717) is 18.0 Å². The Bertz CT molecular complexity index is 881.